The topological polar surface area (TPSA) is 63.4 Å². The summed E-state index contributed by atoms with van der Waals surface area (Å²) in [5.74, 6) is 0. The van der Waals surface area contributed by atoms with Gasteiger partial charge >= 0.3 is 0 Å². The maximum atomic E-state index is 12.4. The van der Waals surface area contributed by atoms with E-state index in [4.69, 9.17) is 28.9 Å². The maximum absolute atomic E-state index is 12.4. The van der Waals surface area contributed by atoms with Crippen LogP contribution in [0, 0.1) is 0 Å². The van der Waals surface area contributed by atoms with E-state index in [9.17, 15) is 8.42 Å². The minimum absolute atomic E-state index is 0.0527. The zero-order chi connectivity index (χ0) is 13.5. The Morgan fingerprint density at radius 2 is 1.89 bits per heavy atom. The van der Waals surface area contributed by atoms with Crippen molar-refractivity contribution in [2.45, 2.75) is 17.4 Å². The van der Waals surface area contributed by atoms with Crippen LogP contribution in [0.1, 0.15) is 6.42 Å². The monoisotopic (exact) mass is 372 g/mol. The molecule has 1 aliphatic rings. The first-order valence-corrected chi connectivity index (χ1v) is 8.21. The van der Waals surface area contributed by atoms with Crippen LogP contribution < -0.4 is 5.73 Å². The fraction of sp³-hybridized carbons (Fsp3) is 0.400. The Kier molecular flexibility index (Phi) is 4.26. The molecule has 0 bridgehead atoms. The average molecular weight is 374 g/mol. The Labute approximate surface area is 124 Å². The summed E-state index contributed by atoms with van der Waals surface area (Å²) < 4.78 is 26.8. The lowest BCUT2D eigenvalue weighted by Gasteiger charge is -2.18. The van der Waals surface area contributed by atoms with E-state index in [0.717, 1.165) is 0 Å². The van der Waals surface area contributed by atoms with Crippen LogP contribution in [0.5, 0.6) is 0 Å². The highest BCUT2D eigenvalue weighted by Crippen LogP contribution is 2.35. The van der Waals surface area contributed by atoms with Crippen molar-refractivity contribution in [3.63, 3.8) is 0 Å². The Hall–Kier alpha value is 0.150. The molecule has 0 aromatic heterocycles. The van der Waals surface area contributed by atoms with E-state index in [2.05, 4.69) is 15.9 Å². The molecule has 2 rings (SSSR count). The van der Waals surface area contributed by atoms with Crippen LogP contribution in [0.3, 0.4) is 0 Å². The molecule has 0 saturated carbocycles. The molecule has 100 valence electrons. The number of hydrogen-bond acceptors (Lipinski definition) is 3. The summed E-state index contributed by atoms with van der Waals surface area (Å²) in [4.78, 5) is -0.0527. The van der Waals surface area contributed by atoms with Gasteiger partial charge in [0, 0.05) is 23.6 Å². The van der Waals surface area contributed by atoms with Crippen molar-refractivity contribution in [2.75, 3.05) is 13.1 Å². The lowest BCUT2D eigenvalue weighted by atomic mass is 10.3. The third-order valence-electron chi connectivity index (χ3n) is 2.75. The molecule has 4 nitrogen and oxygen atoms in total. The van der Waals surface area contributed by atoms with Gasteiger partial charge in [-0.15, -0.1) is 0 Å². The molecule has 1 aliphatic heterocycles. The lowest BCUT2D eigenvalue weighted by Crippen LogP contribution is -2.32. The zero-order valence-electron chi connectivity index (χ0n) is 9.24. The normalized spacial score (nSPS) is 21.4. The molecular weight excluding hydrogens is 363 g/mol. The second-order valence-corrected chi connectivity index (χ2v) is 7.72. The van der Waals surface area contributed by atoms with E-state index in [1.54, 1.807) is 0 Å². The number of nitrogens with zero attached hydrogens (tertiary/aromatic N) is 1. The average Bonchev–Trinajstić information content (AvgIpc) is 2.63. The summed E-state index contributed by atoms with van der Waals surface area (Å²) in [6.07, 6.45) is 0.644. The summed E-state index contributed by atoms with van der Waals surface area (Å²) in [6.45, 7) is 0.692. The summed E-state index contributed by atoms with van der Waals surface area (Å²) in [5.41, 5.74) is 5.72. The molecule has 0 aliphatic carbocycles. The summed E-state index contributed by atoms with van der Waals surface area (Å²) >= 11 is 15.2. The molecule has 1 aromatic carbocycles. The van der Waals surface area contributed by atoms with Gasteiger partial charge in [0.2, 0.25) is 10.0 Å². The maximum Gasteiger partial charge on any atom is 0.246 e. The first-order chi connectivity index (χ1) is 8.32. The second-order valence-electron chi connectivity index (χ2n) is 4.11. The Morgan fingerprint density at radius 1 is 1.33 bits per heavy atom. The van der Waals surface area contributed by atoms with Gasteiger partial charge in [-0.1, -0.05) is 39.1 Å². The first kappa shape index (κ1) is 14.6. The first-order valence-electron chi connectivity index (χ1n) is 5.22. The number of sulfonamides is 1. The minimum atomic E-state index is -3.68. The Bertz CT molecular complexity index is 556. The standard InChI is InChI=1S/C10H11BrCl2N2O2S/c11-6-3-8(12)10(9(13)4-6)18(16,17)15-2-1-7(14)5-15/h3-4,7H,1-2,5,14H2/t7-/m1/s1. The van der Waals surface area contributed by atoms with Crippen molar-refractivity contribution >= 4 is 49.2 Å². The van der Waals surface area contributed by atoms with E-state index in [0.29, 0.717) is 24.0 Å². The van der Waals surface area contributed by atoms with Crippen molar-refractivity contribution in [3.05, 3.63) is 26.7 Å². The van der Waals surface area contributed by atoms with Gasteiger partial charge in [-0.05, 0) is 18.6 Å². The fourth-order valence-corrected chi connectivity index (χ4v) is 5.27. The van der Waals surface area contributed by atoms with Crippen LogP contribution in [0.15, 0.2) is 21.5 Å². The van der Waals surface area contributed by atoms with Crippen LogP contribution in [-0.2, 0) is 10.0 Å². The molecule has 1 heterocycles. The van der Waals surface area contributed by atoms with Crippen molar-refractivity contribution in [1.82, 2.24) is 4.31 Å². The van der Waals surface area contributed by atoms with E-state index >= 15 is 0 Å². The highest BCUT2D eigenvalue weighted by atomic mass is 79.9. The Balaban J connectivity index is 2.48. The molecular formula is C10H11BrCl2N2O2S. The molecule has 1 aromatic rings. The van der Waals surface area contributed by atoms with Crippen molar-refractivity contribution in [2.24, 2.45) is 5.73 Å². The minimum Gasteiger partial charge on any atom is -0.326 e. The molecule has 1 saturated heterocycles. The highest BCUT2D eigenvalue weighted by Gasteiger charge is 2.34. The predicted octanol–water partition coefficient (Wildman–Crippen LogP) is 2.48. The largest absolute Gasteiger partial charge is 0.326 e. The molecule has 8 heteroatoms. The quantitative estimate of drug-likeness (QED) is 0.866. The van der Waals surface area contributed by atoms with Crippen LogP contribution in [0.2, 0.25) is 10.0 Å². The molecule has 0 amide bonds. The molecule has 2 N–H and O–H groups in total. The van der Waals surface area contributed by atoms with Crippen LogP contribution in [0.25, 0.3) is 0 Å². The fourth-order valence-electron chi connectivity index (χ4n) is 1.88. The third-order valence-corrected chi connectivity index (χ3v) is 5.99. The van der Waals surface area contributed by atoms with Crippen LogP contribution in [0.4, 0.5) is 0 Å². The summed E-state index contributed by atoms with van der Waals surface area (Å²) in [5, 5.41) is 0.213. The molecule has 18 heavy (non-hydrogen) atoms. The highest BCUT2D eigenvalue weighted by molar-refractivity contribution is 9.10. The number of hydrogen-bond donors (Lipinski definition) is 1. The molecule has 1 atom stereocenters. The zero-order valence-corrected chi connectivity index (χ0v) is 13.2. The Morgan fingerprint density at radius 3 is 2.33 bits per heavy atom. The third kappa shape index (κ3) is 2.69. The van der Waals surface area contributed by atoms with E-state index in [1.807, 2.05) is 0 Å². The SMILES string of the molecule is N[C@@H]1CCN(S(=O)(=O)c2c(Cl)cc(Br)cc2Cl)C1. The van der Waals surface area contributed by atoms with Gasteiger partial charge in [-0.3, -0.25) is 0 Å². The van der Waals surface area contributed by atoms with Crippen LogP contribution >= 0.6 is 39.1 Å². The number of rotatable bonds is 2. The van der Waals surface area contributed by atoms with Crippen molar-refractivity contribution in [3.8, 4) is 0 Å². The van der Waals surface area contributed by atoms with E-state index in [1.165, 1.54) is 16.4 Å². The van der Waals surface area contributed by atoms with Gasteiger partial charge in [0.05, 0.1) is 10.0 Å². The van der Waals surface area contributed by atoms with Crippen LogP contribution in [-0.4, -0.2) is 31.9 Å². The van der Waals surface area contributed by atoms with Crippen molar-refractivity contribution < 1.29 is 8.42 Å². The smallest absolute Gasteiger partial charge is 0.246 e. The molecule has 1 fully saturated rings. The number of benzene rings is 1. The van der Waals surface area contributed by atoms with Gasteiger partial charge in [0.1, 0.15) is 4.90 Å². The molecule has 0 radical (unpaired) electrons. The van der Waals surface area contributed by atoms with Crippen molar-refractivity contribution in [1.29, 1.82) is 0 Å². The second kappa shape index (κ2) is 5.26. The van der Waals surface area contributed by atoms with Gasteiger partial charge < -0.3 is 5.73 Å². The molecule has 0 unspecified atom stereocenters. The summed E-state index contributed by atoms with van der Waals surface area (Å²) in [6, 6.07) is 2.89. The number of halogens is 3. The van der Waals surface area contributed by atoms with Gasteiger partial charge in [-0.25, -0.2) is 8.42 Å². The summed E-state index contributed by atoms with van der Waals surface area (Å²) in [7, 11) is -3.68. The molecule has 0 spiro atoms. The van der Waals surface area contributed by atoms with Gasteiger partial charge in [-0.2, -0.15) is 4.31 Å². The van der Waals surface area contributed by atoms with Gasteiger partial charge in [0.15, 0.2) is 0 Å². The number of nitrogens with two attached hydrogens (primary N) is 1. The lowest BCUT2D eigenvalue weighted by molar-refractivity contribution is 0.472. The van der Waals surface area contributed by atoms with E-state index in [-0.39, 0.29) is 21.0 Å². The van der Waals surface area contributed by atoms with E-state index < -0.39 is 10.0 Å². The predicted molar refractivity (Wildman–Crippen MR) is 75.5 cm³/mol. The van der Waals surface area contributed by atoms with Gasteiger partial charge in [0.25, 0.3) is 0 Å².